The van der Waals surface area contributed by atoms with Gasteiger partial charge in [-0.1, -0.05) is 12.1 Å². The number of amides is 2. The Morgan fingerprint density at radius 3 is 2.90 bits per heavy atom. The number of nitrogens with one attached hydrogen (secondary N) is 1. The molecule has 0 saturated carbocycles. The fraction of sp³-hybridized carbons (Fsp3) is 0.467. The van der Waals surface area contributed by atoms with E-state index in [0.717, 1.165) is 23.0 Å². The number of hydrogen-bond acceptors (Lipinski definition) is 3. The molecule has 21 heavy (non-hydrogen) atoms. The molecule has 1 atom stereocenters. The van der Waals surface area contributed by atoms with E-state index in [1.807, 2.05) is 24.3 Å². The lowest BCUT2D eigenvalue weighted by Crippen LogP contribution is -2.44. The van der Waals surface area contributed by atoms with Crippen molar-refractivity contribution < 1.29 is 14.3 Å². The van der Waals surface area contributed by atoms with Crippen molar-refractivity contribution in [2.24, 2.45) is 5.92 Å². The largest absolute Gasteiger partial charge is 0.466 e. The van der Waals surface area contributed by atoms with E-state index in [1.165, 1.54) is 0 Å². The molecule has 2 amide bonds. The minimum absolute atomic E-state index is 0.184. The van der Waals surface area contributed by atoms with Gasteiger partial charge >= 0.3 is 12.0 Å². The summed E-state index contributed by atoms with van der Waals surface area (Å²) in [6.07, 6.45) is 1.59. The molecule has 0 bridgehead atoms. The summed E-state index contributed by atoms with van der Waals surface area (Å²) < 4.78 is 5.87. The molecule has 1 N–H and O–H groups in total. The van der Waals surface area contributed by atoms with Crippen LogP contribution in [0.5, 0.6) is 0 Å². The summed E-state index contributed by atoms with van der Waals surface area (Å²) >= 11 is 3.40. The number of esters is 1. The van der Waals surface area contributed by atoms with E-state index in [0.29, 0.717) is 19.7 Å². The first kappa shape index (κ1) is 15.8. The second-order valence-electron chi connectivity index (χ2n) is 4.95. The fourth-order valence-electron chi connectivity index (χ4n) is 2.37. The van der Waals surface area contributed by atoms with E-state index in [1.54, 1.807) is 11.8 Å². The third kappa shape index (κ3) is 4.20. The third-order valence-corrected chi connectivity index (χ3v) is 4.14. The Hall–Kier alpha value is -1.56. The Morgan fingerprint density at radius 2 is 2.19 bits per heavy atom. The Bertz CT molecular complexity index is 521. The molecule has 0 aromatic heterocycles. The van der Waals surface area contributed by atoms with Crippen LogP contribution in [0.15, 0.2) is 28.7 Å². The van der Waals surface area contributed by atoms with Crippen LogP contribution < -0.4 is 5.32 Å². The number of nitrogens with zero attached hydrogens (tertiary/aromatic N) is 1. The summed E-state index contributed by atoms with van der Waals surface area (Å²) in [5.41, 5.74) is 0.723. The Kier molecular flexibility index (Phi) is 5.61. The van der Waals surface area contributed by atoms with Crippen molar-refractivity contribution in [3.05, 3.63) is 28.7 Å². The summed E-state index contributed by atoms with van der Waals surface area (Å²) in [6, 6.07) is 7.26. The van der Waals surface area contributed by atoms with Crippen molar-refractivity contribution in [1.82, 2.24) is 4.90 Å². The van der Waals surface area contributed by atoms with Gasteiger partial charge in [0.25, 0.3) is 0 Å². The first-order valence-electron chi connectivity index (χ1n) is 7.09. The van der Waals surface area contributed by atoms with Gasteiger partial charge in [0.1, 0.15) is 0 Å². The van der Waals surface area contributed by atoms with E-state index in [-0.39, 0.29) is 17.9 Å². The molecule has 0 radical (unpaired) electrons. The molecule has 6 heteroatoms. The van der Waals surface area contributed by atoms with Gasteiger partial charge in [-0.2, -0.15) is 0 Å². The maximum Gasteiger partial charge on any atom is 0.321 e. The number of ether oxygens (including phenoxy) is 1. The minimum Gasteiger partial charge on any atom is -0.466 e. The lowest BCUT2D eigenvalue weighted by molar-refractivity contribution is -0.149. The van der Waals surface area contributed by atoms with Gasteiger partial charge in [-0.3, -0.25) is 4.79 Å². The molecule has 1 saturated heterocycles. The molecule has 1 fully saturated rings. The first-order chi connectivity index (χ1) is 10.1. The number of likely N-dealkylation sites (tertiary alicyclic amines) is 1. The van der Waals surface area contributed by atoms with Crippen molar-refractivity contribution >= 4 is 33.6 Å². The van der Waals surface area contributed by atoms with Crippen molar-refractivity contribution in [1.29, 1.82) is 0 Å². The second kappa shape index (κ2) is 7.45. The highest BCUT2D eigenvalue weighted by atomic mass is 79.9. The maximum atomic E-state index is 12.3. The second-order valence-corrected chi connectivity index (χ2v) is 5.80. The first-order valence-corrected chi connectivity index (χ1v) is 7.88. The van der Waals surface area contributed by atoms with Crippen LogP contribution in [0.4, 0.5) is 10.5 Å². The summed E-state index contributed by atoms with van der Waals surface area (Å²) in [6.45, 7) is 3.23. The van der Waals surface area contributed by atoms with E-state index in [2.05, 4.69) is 21.2 Å². The van der Waals surface area contributed by atoms with E-state index >= 15 is 0 Å². The Morgan fingerprint density at radius 1 is 1.43 bits per heavy atom. The standard InChI is InChI=1S/C15H19BrN2O3/c1-2-21-14(19)11-6-5-9-18(10-11)15(20)17-13-8-4-3-7-12(13)16/h3-4,7-8,11H,2,5-6,9-10H2,1H3,(H,17,20). The predicted octanol–water partition coefficient (Wildman–Crippen LogP) is 3.26. The summed E-state index contributed by atoms with van der Waals surface area (Å²) in [4.78, 5) is 25.7. The normalized spacial score (nSPS) is 18.2. The van der Waals surface area contributed by atoms with Crippen molar-refractivity contribution in [2.75, 3.05) is 25.0 Å². The predicted molar refractivity (Wildman–Crippen MR) is 84.1 cm³/mol. The molecule has 1 aromatic rings. The zero-order valence-corrected chi connectivity index (χ0v) is 13.6. The van der Waals surface area contributed by atoms with Crippen molar-refractivity contribution in [2.45, 2.75) is 19.8 Å². The Labute approximate surface area is 132 Å². The molecule has 114 valence electrons. The van der Waals surface area contributed by atoms with E-state index < -0.39 is 0 Å². The third-order valence-electron chi connectivity index (χ3n) is 3.44. The average molecular weight is 355 g/mol. The summed E-state index contributed by atoms with van der Waals surface area (Å²) in [7, 11) is 0. The number of carbonyl (C=O) groups is 2. The van der Waals surface area contributed by atoms with Gasteiger partial charge in [0.2, 0.25) is 0 Å². The molecule has 1 aliphatic rings. The highest BCUT2D eigenvalue weighted by molar-refractivity contribution is 9.10. The summed E-state index contributed by atoms with van der Waals surface area (Å²) in [5.74, 6) is -0.431. The maximum absolute atomic E-state index is 12.3. The molecule has 0 aliphatic carbocycles. The van der Waals surface area contributed by atoms with Gasteiger partial charge in [-0.05, 0) is 47.8 Å². The van der Waals surface area contributed by atoms with Crippen LogP contribution in [-0.2, 0) is 9.53 Å². The van der Waals surface area contributed by atoms with Crippen molar-refractivity contribution in [3.63, 3.8) is 0 Å². The van der Waals surface area contributed by atoms with Crippen LogP contribution in [0.25, 0.3) is 0 Å². The van der Waals surface area contributed by atoms with E-state index in [4.69, 9.17) is 4.74 Å². The highest BCUT2D eigenvalue weighted by Crippen LogP contribution is 2.23. The number of anilines is 1. The molecule has 5 nitrogen and oxygen atoms in total. The van der Waals surface area contributed by atoms with Crippen LogP contribution in [0.1, 0.15) is 19.8 Å². The SMILES string of the molecule is CCOC(=O)C1CCCN(C(=O)Nc2ccccc2Br)C1. The van der Waals surface area contributed by atoms with Gasteiger partial charge in [0, 0.05) is 17.6 Å². The fourth-order valence-corrected chi connectivity index (χ4v) is 2.75. The van der Waals surface area contributed by atoms with Crippen molar-refractivity contribution in [3.8, 4) is 0 Å². The van der Waals surface area contributed by atoms with Crippen LogP contribution in [0.3, 0.4) is 0 Å². The van der Waals surface area contributed by atoms with Crippen LogP contribution in [0, 0.1) is 5.92 Å². The van der Waals surface area contributed by atoms with Gasteiger partial charge in [-0.15, -0.1) is 0 Å². The lowest BCUT2D eigenvalue weighted by Gasteiger charge is -2.31. The number of carbonyl (C=O) groups excluding carboxylic acids is 2. The topological polar surface area (TPSA) is 58.6 Å². The molecular weight excluding hydrogens is 336 g/mol. The van der Waals surface area contributed by atoms with Crippen LogP contribution >= 0.6 is 15.9 Å². The van der Waals surface area contributed by atoms with Gasteiger partial charge < -0.3 is 15.0 Å². The number of halogens is 1. The molecule has 2 rings (SSSR count). The smallest absolute Gasteiger partial charge is 0.321 e. The average Bonchev–Trinajstić information content (AvgIpc) is 2.50. The molecule has 1 heterocycles. The minimum atomic E-state index is -0.219. The molecule has 1 aromatic carbocycles. The summed E-state index contributed by atoms with van der Waals surface area (Å²) in [5, 5.41) is 2.86. The number of benzene rings is 1. The monoisotopic (exact) mass is 354 g/mol. The quantitative estimate of drug-likeness (QED) is 0.847. The number of rotatable bonds is 3. The number of piperidine rings is 1. The van der Waals surface area contributed by atoms with E-state index in [9.17, 15) is 9.59 Å². The molecule has 0 spiro atoms. The number of para-hydroxylation sites is 1. The highest BCUT2D eigenvalue weighted by Gasteiger charge is 2.29. The molecule has 1 unspecified atom stereocenters. The van der Waals surface area contributed by atoms with Gasteiger partial charge in [-0.25, -0.2) is 4.79 Å². The number of urea groups is 1. The zero-order chi connectivity index (χ0) is 15.2. The van der Waals surface area contributed by atoms with Crippen LogP contribution in [0.2, 0.25) is 0 Å². The zero-order valence-electron chi connectivity index (χ0n) is 12.0. The van der Waals surface area contributed by atoms with Gasteiger partial charge in [0.05, 0.1) is 18.2 Å². The molecular formula is C15H19BrN2O3. The van der Waals surface area contributed by atoms with Crippen LogP contribution in [-0.4, -0.2) is 36.6 Å². The molecule has 1 aliphatic heterocycles. The lowest BCUT2D eigenvalue weighted by atomic mass is 9.98. The number of hydrogen-bond donors (Lipinski definition) is 1. The van der Waals surface area contributed by atoms with Gasteiger partial charge in [0.15, 0.2) is 0 Å². The Balaban J connectivity index is 1.96.